The van der Waals surface area contributed by atoms with Gasteiger partial charge < -0.3 is 11.1 Å². The maximum Gasteiger partial charge on any atom is 0.238 e. The quantitative estimate of drug-likeness (QED) is 0.869. The average Bonchev–Trinajstić information content (AvgIpc) is 2.34. The summed E-state index contributed by atoms with van der Waals surface area (Å²) in [6, 6.07) is 8.14. The van der Waals surface area contributed by atoms with Gasteiger partial charge in [-0.2, -0.15) is 0 Å². The van der Waals surface area contributed by atoms with Crippen molar-refractivity contribution in [2.45, 2.75) is 26.3 Å². The predicted molar refractivity (Wildman–Crippen MR) is 78.0 cm³/mol. The minimum Gasteiger partial charge on any atom is -0.327 e. The number of likely N-dealkylation sites (tertiary alicyclic amines) is 1. The molecule has 0 bridgehead atoms. The number of hydrogen-bond acceptors (Lipinski definition) is 3. The molecule has 1 fully saturated rings. The first-order valence-electron chi connectivity index (χ1n) is 6.89. The second kappa shape index (κ2) is 6.17. The summed E-state index contributed by atoms with van der Waals surface area (Å²) in [4.78, 5) is 14.2. The van der Waals surface area contributed by atoms with E-state index in [-0.39, 0.29) is 11.9 Å². The van der Waals surface area contributed by atoms with E-state index in [1.165, 1.54) is 0 Å². The van der Waals surface area contributed by atoms with Crippen LogP contribution in [0.25, 0.3) is 0 Å². The Morgan fingerprint density at radius 3 is 3.00 bits per heavy atom. The third-order valence-corrected chi connectivity index (χ3v) is 3.72. The van der Waals surface area contributed by atoms with E-state index in [9.17, 15) is 4.79 Å². The molecule has 1 heterocycles. The Labute approximate surface area is 115 Å². The van der Waals surface area contributed by atoms with Gasteiger partial charge in [0, 0.05) is 24.8 Å². The molecular weight excluding hydrogens is 238 g/mol. The van der Waals surface area contributed by atoms with Crippen LogP contribution in [0.4, 0.5) is 5.69 Å². The lowest BCUT2D eigenvalue weighted by Crippen LogP contribution is -2.48. The molecule has 1 aliphatic rings. The van der Waals surface area contributed by atoms with Crippen LogP contribution >= 0.6 is 0 Å². The third-order valence-electron chi connectivity index (χ3n) is 3.72. The normalized spacial score (nSPS) is 24.2. The summed E-state index contributed by atoms with van der Waals surface area (Å²) >= 11 is 0. The zero-order valence-corrected chi connectivity index (χ0v) is 11.7. The summed E-state index contributed by atoms with van der Waals surface area (Å²) in [7, 11) is 0. The number of nitrogens with one attached hydrogen (secondary N) is 1. The molecule has 2 atom stereocenters. The number of carbonyl (C=O) groups is 1. The Morgan fingerprint density at radius 1 is 1.53 bits per heavy atom. The van der Waals surface area contributed by atoms with E-state index in [1.54, 1.807) is 0 Å². The van der Waals surface area contributed by atoms with Gasteiger partial charge in [0.05, 0.1) is 6.54 Å². The maximum absolute atomic E-state index is 12.0. The van der Waals surface area contributed by atoms with Gasteiger partial charge >= 0.3 is 0 Å². The molecule has 0 aliphatic carbocycles. The van der Waals surface area contributed by atoms with Crippen molar-refractivity contribution in [1.82, 2.24) is 4.90 Å². The topological polar surface area (TPSA) is 58.4 Å². The van der Waals surface area contributed by atoms with E-state index >= 15 is 0 Å². The fourth-order valence-corrected chi connectivity index (χ4v) is 2.52. The third kappa shape index (κ3) is 4.04. The standard InChI is InChI=1S/C15H23N3O/c1-11-4-3-5-13(8-11)17-15(19)10-18-7-6-14(16)12(2)9-18/h3-5,8,12,14H,6-7,9-10,16H2,1-2H3,(H,17,19). The van der Waals surface area contributed by atoms with Crippen LogP contribution in [-0.4, -0.2) is 36.5 Å². The molecule has 4 nitrogen and oxygen atoms in total. The lowest BCUT2D eigenvalue weighted by atomic mass is 9.95. The van der Waals surface area contributed by atoms with Crippen LogP contribution in [0.5, 0.6) is 0 Å². The molecule has 0 spiro atoms. The van der Waals surface area contributed by atoms with Crippen LogP contribution in [-0.2, 0) is 4.79 Å². The molecule has 1 aliphatic heterocycles. The van der Waals surface area contributed by atoms with Crippen molar-refractivity contribution < 1.29 is 4.79 Å². The predicted octanol–water partition coefficient (Wildman–Crippen LogP) is 1.60. The number of aryl methyl sites for hydroxylation is 1. The van der Waals surface area contributed by atoms with Crippen molar-refractivity contribution in [2.24, 2.45) is 11.7 Å². The summed E-state index contributed by atoms with van der Waals surface area (Å²) in [6.07, 6.45) is 0.971. The Kier molecular flexibility index (Phi) is 4.56. The van der Waals surface area contributed by atoms with Crippen LogP contribution in [0, 0.1) is 12.8 Å². The van der Waals surface area contributed by atoms with Crippen molar-refractivity contribution >= 4 is 11.6 Å². The SMILES string of the molecule is Cc1cccc(NC(=O)CN2CCC(N)C(C)C2)c1. The van der Waals surface area contributed by atoms with Crippen LogP contribution in [0.15, 0.2) is 24.3 Å². The first-order chi connectivity index (χ1) is 9.04. The monoisotopic (exact) mass is 261 g/mol. The second-order valence-corrected chi connectivity index (χ2v) is 5.58. The second-order valence-electron chi connectivity index (χ2n) is 5.58. The summed E-state index contributed by atoms with van der Waals surface area (Å²) in [6.45, 7) is 6.43. The number of nitrogens with zero attached hydrogens (tertiary/aromatic N) is 1. The molecule has 1 aromatic rings. The van der Waals surface area contributed by atoms with Crippen LogP contribution in [0.3, 0.4) is 0 Å². The zero-order chi connectivity index (χ0) is 13.8. The number of anilines is 1. The Morgan fingerprint density at radius 2 is 2.32 bits per heavy atom. The summed E-state index contributed by atoms with van der Waals surface area (Å²) in [5, 5.41) is 2.94. The van der Waals surface area contributed by atoms with Crippen molar-refractivity contribution in [3.8, 4) is 0 Å². The van der Waals surface area contributed by atoms with Crippen LogP contribution in [0.2, 0.25) is 0 Å². The highest BCUT2D eigenvalue weighted by atomic mass is 16.2. The summed E-state index contributed by atoms with van der Waals surface area (Å²) < 4.78 is 0. The highest BCUT2D eigenvalue weighted by molar-refractivity contribution is 5.92. The highest BCUT2D eigenvalue weighted by Gasteiger charge is 2.24. The molecule has 0 saturated carbocycles. The van der Waals surface area contributed by atoms with Gasteiger partial charge in [-0.05, 0) is 37.0 Å². The van der Waals surface area contributed by atoms with Gasteiger partial charge in [0.25, 0.3) is 0 Å². The van der Waals surface area contributed by atoms with Gasteiger partial charge in [-0.25, -0.2) is 0 Å². The molecule has 0 radical (unpaired) electrons. The first kappa shape index (κ1) is 14.0. The summed E-state index contributed by atoms with van der Waals surface area (Å²) in [5.74, 6) is 0.508. The first-order valence-corrected chi connectivity index (χ1v) is 6.89. The molecular formula is C15H23N3O. The largest absolute Gasteiger partial charge is 0.327 e. The number of carbonyl (C=O) groups excluding carboxylic acids is 1. The molecule has 104 valence electrons. The smallest absolute Gasteiger partial charge is 0.238 e. The minimum atomic E-state index is 0.0493. The van der Waals surface area contributed by atoms with Gasteiger partial charge in [0.15, 0.2) is 0 Å². The van der Waals surface area contributed by atoms with Gasteiger partial charge in [0.2, 0.25) is 5.91 Å². The van der Waals surface area contributed by atoms with Crippen LogP contribution < -0.4 is 11.1 Å². The van der Waals surface area contributed by atoms with E-state index in [1.807, 2.05) is 31.2 Å². The van der Waals surface area contributed by atoms with Crippen LogP contribution in [0.1, 0.15) is 18.9 Å². The highest BCUT2D eigenvalue weighted by Crippen LogP contribution is 2.15. The molecule has 3 N–H and O–H groups in total. The molecule has 2 rings (SSSR count). The lowest BCUT2D eigenvalue weighted by Gasteiger charge is -2.34. The van der Waals surface area contributed by atoms with Gasteiger partial charge in [0.1, 0.15) is 0 Å². The zero-order valence-electron chi connectivity index (χ0n) is 11.7. The van der Waals surface area contributed by atoms with Crippen molar-refractivity contribution in [3.05, 3.63) is 29.8 Å². The molecule has 1 aromatic carbocycles. The number of rotatable bonds is 3. The molecule has 0 aromatic heterocycles. The Bertz CT molecular complexity index is 447. The van der Waals surface area contributed by atoms with E-state index in [4.69, 9.17) is 5.73 Å². The van der Waals surface area contributed by atoms with Gasteiger partial charge in [-0.1, -0.05) is 19.1 Å². The van der Waals surface area contributed by atoms with Crippen molar-refractivity contribution in [1.29, 1.82) is 0 Å². The van der Waals surface area contributed by atoms with E-state index in [0.29, 0.717) is 12.5 Å². The van der Waals surface area contributed by atoms with Crippen molar-refractivity contribution in [2.75, 3.05) is 25.0 Å². The molecule has 4 heteroatoms. The fourth-order valence-electron chi connectivity index (χ4n) is 2.52. The number of nitrogens with two attached hydrogens (primary N) is 1. The maximum atomic E-state index is 12.0. The summed E-state index contributed by atoms with van der Waals surface area (Å²) in [5.41, 5.74) is 8.00. The van der Waals surface area contributed by atoms with E-state index < -0.39 is 0 Å². The number of benzene rings is 1. The Hall–Kier alpha value is -1.39. The van der Waals surface area contributed by atoms with E-state index in [2.05, 4.69) is 17.1 Å². The lowest BCUT2D eigenvalue weighted by molar-refractivity contribution is -0.117. The number of piperidine rings is 1. The van der Waals surface area contributed by atoms with E-state index in [0.717, 1.165) is 30.8 Å². The Balaban J connectivity index is 1.85. The average molecular weight is 261 g/mol. The number of amides is 1. The van der Waals surface area contributed by atoms with Gasteiger partial charge in [-0.3, -0.25) is 9.69 Å². The number of hydrogen-bond donors (Lipinski definition) is 2. The molecule has 2 unspecified atom stereocenters. The molecule has 1 amide bonds. The molecule has 19 heavy (non-hydrogen) atoms. The fraction of sp³-hybridized carbons (Fsp3) is 0.533. The molecule has 1 saturated heterocycles. The van der Waals surface area contributed by atoms with Crippen molar-refractivity contribution in [3.63, 3.8) is 0 Å². The minimum absolute atomic E-state index is 0.0493. The van der Waals surface area contributed by atoms with Gasteiger partial charge in [-0.15, -0.1) is 0 Å².